The van der Waals surface area contributed by atoms with Gasteiger partial charge in [-0.05, 0) is 17.7 Å². The molecule has 0 saturated carbocycles. The first-order chi connectivity index (χ1) is 9.81. The molecule has 8 heteroatoms. The summed E-state index contributed by atoms with van der Waals surface area (Å²) in [7, 11) is 0. The Hall–Kier alpha value is -2.05. The van der Waals surface area contributed by atoms with Crippen molar-refractivity contribution in [1.29, 1.82) is 0 Å². The minimum absolute atomic E-state index is 0.273. The lowest BCUT2D eigenvalue weighted by molar-refractivity contribution is -0.142. The fraction of sp³-hybridized carbons (Fsp3) is 0.154. The molecule has 0 aliphatic heterocycles. The lowest BCUT2D eigenvalue weighted by Crippen LogP contribution is -2.42. The molecule has 0 heterocycles. The molecular formula is C13H12Cl2N2O4. The van der Waals surface area contributed by atoms with Crippen LogP contribution >= 0.6 is 23.2 Å². The molecule has 0 unspecified atom stereocenters. The monoisotopic (exact) mass is 330 g/mol. The van der Waals surface area contributed by atoms with Gasteiger partial charge in [-0.1, -0.05) is 35.3 Å². The Bertz CT molecular complexity index is 602. The Balaban J connectivity index is 2.76. The summed E-state index contributed by atoms with van der Waals surface area (Å²) >= 11 is 11.7. The van der Waals surface area contributed by atoms with E-state index in [4.69, 9.17) is 34.0 Å². The summed E-state index contributed by atoms with van der Waals surface area (Å²) in [5.41, 5.74) is 5.41. The Morgan fingerprint density at radius 3 is 2.57 bits per heavy atom. The number of nitrogens with one attached hydrogen (secondary N) is 1. The van der Waals surface area contributed by atoms with Gasteiger partial charge in [0.1, 0.15) is 6.04 Å². The third-order valence-electron chi connectivity index (χ3n) is 2.42. The van der Waals surface area contributed by atoms with E-state index in [-0.39, 0.29) is 5.02 Å². The van der Waals surface area contributed by atoms with Crippen molar-refractivity contribution in [3.05, 3.63) is 39.9 Å². The smallest absolute Gasteiger partial charge is 0.326 e. The van der Waals surface area contributed by atoms with E-state index in [1.165, 1.54) is 6.08 Å². The van der Waals surface area contributed by atoms with E-state index in [0.29, 0.717) is 10.6 Å². The van der Waals surface area contributed by atoms with Crippen LogP contribution in [0.4, 0.5) is 0 Å². The van der Waals surface area contributed by atoms with Crippen LogP contribution in [0.25, 0.3) is 6.08 Å². The zero-order chi connectivity index (χ0) is 16.0. The van der Waals surface area contributed by atoms with Crippen LogP contribution in [-0.2, 0) is 14.4 Å². The van der Waals surface area contributed by atoms with Gasteiger partial charge >= 0.3 is 5.97 Å². The largest absolute Gasteiger partial charge is 0.480 e. The maximum atomic E-state index is 11.6. The van der Waals surface area contributed by atoms with Crippen LogP contribution in [0.3, 0.4) is 0 Å². The van der Waals surface area contributed by atoms with E-state index in [1.807, 2.05) is 0 Å². The second-order valence-electron chi connectivity index (χ2n) is 4.05. The molecule has 1 aromatic rings. The molecule has 112 valence electrons. The number of carboxylic acid groups (broad SMARTS) is 1. The first-order valence-electron chi connectivity index (χ1n) is 5.75. The molecule has 0 aliphatic carbocycles. The van der Waals surface area contributed by atoms with E-state index in [9.17, 15) is 14.4 Å². The minimum atomic E-state index is -1.38. The molecule has 0 fully saturated rings. The van der Waals surface area contributed by atoms with Crippen molar-refractivity contribution < 1.29 is 19.5 Å². The molecule has 1 aromatic carbocycles. The molecule has 0 aromatic heterocycles. The summed E-state index contributed by atoms with van der Waals surface area (Å²) < 4.78 is 0. The van der Waals surface area contributed by atoms with Gasteiger partial charge in [0.25, 0.3) is 0 Å². The van der Waals surface area contributed by atoms with Crippen molar-refractivity contribution in [1.82, 2.24) is 5.32 Å². The zero-order valence-electron chi connectivity index (χ0n) is 10.7. The number of hydrogen-bond acceptors (Lipinski definition) is 3. The van der Waals surface area contributed by atoms with Gasteiger partial charge in [-0.3, -0.25) is 9.59 Å². The van der Waals surface area contributed by atoms with Crippen LogP contribution in [0.15, 0.2) is 24.3 Å². The molecule has 0 radical (unpaired) electrons. The van der Waals surface area contributed by atoms with Crippen LogP contribution in [-0.4, -0.2) is 28.9 Å². The SMILES string of the molecule is NC(=O)C[C@H](NC(=O)C=Cc1cccc(Cl)c1Cl)C(=O)O. The van der Waals surface area contributed by atoms with Crippen molar-refractivity contribution in [3.8, 4) is 0 Å². The quantitative estimate of drug-likeness (QED) is 0.685. The number of carbonyl (C=O) groups excluding carboxylic acids is 2. The highest BCUT2D eigenvalue weighted by Crippen LogP contribution is 2.26. The number of nitrogens with two attached hydrogens (primary N) is 1. The van der Waals surface area contributed by atoms with Gasteiger partial charge in [-0.15, -0.1) is 0 Å². The second-order valence-corrected chi connectivity index (χ2v) is 4.83. The second kappa shape index (κ2) is 7.66. The van der Waals surface area contributed by atoms with Crippen molar-refractivity contribution in [2.75, 3.05) is 0 Å². The van der Waals surface area contributed by atoms with Crippen LogP contribution in [0.5, 0.6) is 0 Å². The van der Waals surface area contributed by atoms with E-state index in [2.05, 4.69) is 5.32 Å². The molecule has 2 amide bonds. The van der Waals surface area contributed by atoms with Crippen molar-refractivity contribution in [3.63, 3.8) is 0 Å². The van der Waals surface area contributed by atoms with Gasteiger partial charge in [0.15, 0.2) is 0 Å². The molecule has 6 nitrogen and oxygen atoms in total. The van der Waals surface area contributed by atoms with Crippen LogP contribution in [0, 0.1) is 0 Å². The maximum absolute atomic E-state index is 11.6. The van der Waals surface area contributed by atoms with Crippen molar-refractivity contribution in [2.24, 2.45) is 5.73 Å². The Morgan fingerprint density at radius 2 is 2.00 bits per heavy atom. The Labute approximate surface area is 130 Å². The highest BCUT2D eigenvalue weighted by Gasteiger charge is 2.21. The molecule has 0 spiro atoms. The minimum Gasteiger partial charge on any atom is -0.480 e. The van der Waals surface area contributed by atoms with Gasteiger partial charge in [0.05, 0.1) is 16.5 Å². The lowest BCUT2D eigenvalue weighted by atomic mass is 10.2. The number of aliphatic carboxylic acids is 1. The Kier molecular flexibility index (Phi) is 6.20. The van der Waals surface area contributed by atoms with Gasteiger partial charge in [-0.25, -0.2) is 4.79 Å². The first-order valence-corrected chi connectivity index (χ1v) is 6.50. The van der Waals surface area contributed by atoms with Gasteiger partial charge in [0.2, 0.25) is 11.8 Å². The number of carboxylic acids is 1. The predicted octanol–water partition coefficient (Wildman–Crippen LogP) is 1.45. The summed E-state index contributed by atoms with van der Waals surface area (Å²) in [6.07, 6.45) is 1.98. The van der Waals surface area contributed by atoms with Crippen molar-refractivity contribution >= 4 is 47.1 Å². The summed E-state index contributed by atoms with van der Waals surface area (Å²) in [6.45, 7) is 0. The van der Waals surface area contributed by atoms with Crippen LogP contribution in [0.1, 0.15) is 12.0 Å². The molecule has 1 atom stereocenters. The summed E-state index contributed by atoms with van der Waals surface area (Å²) in [5, 5.41) is 11.6. The first kappa shape index (κ1) is 17.0. The number of hydrogen-bond donors (Lipinski definition) is 3. The molecule has 0 aliphatic rings. The standard InChI is InChI=1S/C13H12Cl2N2O4/c14-8-3-1-2-7(12(8)15)4-5-11(19)17-9(13(20)21)6-10(16)18/h1-5,9H,6H2,(H2,16,18)(H,17,19)(H,20,21)/t9-/m0/s1. The Morgan fingerprint density at radius 1 is 1.33 bits per heavy atom. The lowest BCUT2D eigenvalue weighted by Gasteiger charge is -2.10. The number of halogens is 2. The summed E-state index contributed by atoms with van der Waals surface area (Å²) in [5.74, 6) is -2.87. The van der Waals surface area contributed by atoms with E-state index in [0.717, 1.165) is 6.08 Å². The normalized spacial score (nSPS) is 12.1. The third kappa shape index (κ3) is 5.45. The number of benzene rings is 1. The highest BCUT2D eigenvalue weighted by molar-refractivity contribution is 6.42. The number of rotatable bonds is 6. The predicted molar refractivity (Wildman–Crippen MR) is 78.9 cm³/mol. The van der Waals surface area contributed by atoms with E-state index >= 15 is 0 Å². The highest BCUT2D eigenvalue weighted by atomic mass is 35.5. The van der Waals surface area contributed by atoms with Gasteiger partial charge < -0.3 is 16.2 Å². The van der Waals surface area contributed by atoms with E-state index in [1.54, 1.807) is 18.2 Å². The summed E-state index contributed by atoms with van der Waals surface area (Å²) in [4.78, 5) is 33.2. The molecule has 0 saturated heterocycles. The zero-order valence-corrected chi connectivity index (χ0v) is 12.2. The third-order valence-corrected chi connectivity index (χ3v) is 3.25. The fourth-order valence-electron chi connectivity index (χ4n) is 1.44. The van der Waals surface area contributed by atoms with Gasteiger partial charge in [-0.2, -0.15) is 0 Å². The fourth-order valence-corrected chi connectivity index (χ4v) is 1.81. The van der Waals surface area contributed by atoms with E-state index < -0.39 is 30.2 Å². The molecular weight excluding hydrogens is 319 g/mol. The average Bonchev–Trinajstić information content (AvgIpc) is 2.39. The van der Waals surface area contributed by atoms with Crippen LogP contribution in [0.2, 0.25) is 10.0 Å². The topological polar surface area (TPSA) is 109 Å². The molecule has 1 rings (SSSR count). The average molecular weight is 331 g/mol. The number of amides is 2. The molecule has 4 N–H and O–H groups in total. The number of primary amides is 1. The molecule has 21 heavy (non-hydrogen) atoms. The van der Waals surface area contributed by atoms with Gasteiger partial charge in [0, 0.05) is 6.08 Å². The molecule has 0 bridgehead atoms. The summed E-state index contributed by atoms with van der Waals surface area (Å²) in [6, 6.07) is 3.50. The van der Waals surface area contributed by atoms with Crippen molar-refractivity contribution in [2.45, 2.75) is 12.5 Å². The number of carbonyl (C=O) groups is 3. The van der Waals surface area contributed by atoms with Crippen LogP contribution < -0.4 is 11.1 Å². The maximum Gasteiger partial charge on any atom is 0.326 e.